The Morgan fingerprint density at radius 1 is 1.47 bits per heavy atom. The van der Waals surface area contributed by atoms with Crippen molar-refractivity contribution in [1.82, 2.24) is 10.2 Å². The molecule has 17 heavy (non-hydrogen) atoms. The monoisotopic (exact) mass is 256 g/mol. The van der Waals surface area contributed by atoms with E-state index >= 15 is 0 Å². The molecule has 98 valence electrons. The maximum atomic E-state index is 5.56. The van der Waals surface area contributed by atoms with Crippen molar-refractivity contribution >= 4 is 11.8 Å². The minimum absolute atomic E-state index is 0.897. The highest BCUT2D eigenvalue weighted by Crippen LogP contribution is 2.10. The van der Waals surface area contributed by atoms with E-state index in [0.717, 1.165) is 31.9 Å². The smallest absolute Gasteiger partial charge is 0.118 e. The fourth-order valence-electron chi connectivity index (χ4n) is 1.60. The zero-order chi connectivity index (χ0) is 12.5. The lowest BCUT2D eigenvalue weighted by molar-refractivity contribution is 0.311. The van der Waals surface area contributed by atoms with Crippen molar-refractivity contribution in [1.29, 1.82) is 0 Å². The van der Waals surface area contributed by atoms with Gasteiger partial charge < -0.3 is 9.73 Å². The molecular weight excluding hydrogens is 232 g/mol. The van der Waals surface area contributed by atoms with Crippen LogP contribution in [-0.2, 0) is 13.1 Å². The molecule has 0 aliphatic heterocycles. The molecule has 0 bridgehead atoms. The first kappa shape index (κ1) is 14.6. The first-order valence-electron chi connectivity index (χ1n) is 6.20. The SMILES string of the molecule is CCCNCc1coc(CN(C)CCSC)c1. The van der Waals surface area contributed by atoms with Gasteiger partial charge in [0.25, 0.3) is 0 Å². The Morgan fingerprint density at radius 2 is 2.29 bits per heavy atom. The van der Waals surface area contributed by atoms with Crippen LogP contribution in [0.4, 0.5) is 0 Å². The summed E-state index contributed by atoms with van der Waals surface area (Å²) in [6.07, 6.45) is 5.17. The molecule has 4 heteroatoms. The zero-order valence-electron chi connectivity index (χ0n) is 11.2. The van der Waals surface area contributed by atoms with Gasteiger partial charge in [-0.15, -0.1) is 0 Å². The van der Waals surface area contributed by atoms with Crippen molar-refractivity contribution in [2.24, 2.45) is 0 Å². The predicted octanol–water partition coefficient (Wildman–Crippen LogP) is 2.57. The number of nitrogens with one attached hydrogen (secondary N) is 1. The molecule has 0 fully saturated rings. The van der Waals surface area contributed by atoms with Crippen molar-refractivity contribution in [2.75, 3.05) is 32.1 Å². The summed E-state index contributed by atoms with van der Waals surface area (Å²) < 4.78 is 5.56. The van der Waals surface area contributed by atoms with Crippen LogP contribution < -0.4 is 5.32 Å². The molecule has 0 saturated carbocycles. The topological polar surface area (TPSA) is 28.4 Å². The van der Waals surface area contributed by atoms with E-state index in [4.69, 9.17) is 4.42 Å². The lowest BCUT2D eigenvalue weighted by Gasteiger charge is -2.13. The second kappa shape index (κ2) is 8.61. The van der Waals surface area contributed by atoms with Gasteiger partial charge in [0.05, 0.1) is 12.8 Å². The van der Waals surface area contributed by atoms with Crippen molar-refractivity contribution in [3.63, 3.8) is 0 Å². The van der Waals surface area contributed by atoms with E-state index in [-0.39, 0.29) is 0 Å². The van der Waals surface area contributed by atoms with Crippen LogP contribution >= 0.6 is 11.8 Å². The van der Waals surface area contributed by atoms with Gasteiger partial charge in [0.1, 0.15) is 5.76 Å². The Kier molecular flexibility index (Phi) is 7.40. The molecule has 0 radical (unpaired) electrons. The normalized spacial score (nSPS) is 11.3. The summed E-state index contributed by atoms with van der Waals surface area (Å²) in [5.41, 5.74) is 1.24. The Morgan fingerprint density at radius 3 is 3.00 bits per heavy atom. The molecule has 0 atom stereocenters. The van der Waals surface area contributed by atoms with Gasteiger partial charge in [-0.1, -0.05) is 6.92 Å². The maximum Gasteiger partial charge on any atom is 0.118 e. The van der Waals surface area contributed by atoms with Gasteiger partial charge in [0, 0.05) is 24.4 Å². The highest BCUT2D eigenvalue weighted by Gasteiger charge is 2.05. The van der Waals surface area contributed by atoms with Gasteiger partial charge in [0.2, 0.25) is 0 Å². The molecule has 1 heterocycles. The van der Waals surface area contributed by atoms with Crippen LogP contribution in [0.1, 0.15) is 24.7 Å². The molecule has 0 aliphatic carbocycles. The molecule has 3 nitrogen and oxygen atoms in total. The van der Waals surface area contributed by atoms with Gasteiger partial charge in [-0.2, -0.15) is 11.8 Å². The van der Waals surface area contributed by atoms with Crippen molar-refractivity contribution in [2.45, 2.75) is 26.4 Å². The fraction of sp³-hybridized carbons (Fsp3) is 0.692. The molecular formula is C13H24N2OS. The van der Waals surface area contributed by atoms with Gasteiger partial charge in [0.15, 0.2) is 0 Å². The summed E-state index contributed by atoms with van der Waals surface area (Å²) in [6.45, 7) is 6.15. The minimum Gasteiger partial charge on any atom is -0.468 e. The summed E-state index contributed by atoms with van der Waals surface area (Å²) in [4.78, 5) is 2.29. The third-order valence-electron chi connectivity index (χ3n) is 2.57. The summed E-state index contributed by atoms with van der Waals surface area (Å²) >= 11 is 1.88. The van der Waals surface area contributed by atoms with Gasteiger partial charge in [-0.25, -0.2) is 0 Å². The van der Waals surface area contributed by atoms with E-state index in [9.17, 15) is 0 Å². The molecule has 1 aromatic heterocycles. The molecule has 1 aromatic rings. The molecule has 0 spiro atoms. The molecule has 1 rings (SSSR count). The quantitative estimate of drug-likeness (QED) is 0.687. The van der Waals surface area contributed by atoms with E-state index in [1.165, 1.54) is 17.7 Å². The van der Waals surface area contributed by atoms with E-state index < -0.39 is 0 Å². The molecule has 0 aliphatic rings. The Labute approximate surface area is 109 Å². The van der Waals surface area contributed by atoms with Crippen LogP contribution in [0.2, 0.25) is 0 Å². The summed E-state index contributed by atoms with van der Waals surface area (Å²) in [5.74, 6) is 2.23. The third-order valence-corrected chi connectivity index (χ3v) is 3.16. The van der Waals surface area contributed by atoms with Crippen LogP contribution in [0, 0.1) is 0 Å². The molecule has 0 saturated heterocycles. The van der Waals surface area contributed by atoms with Crippen molar-refractivity contribution in [3.8, 4) is 0 Å². The average molecular weight is 256 g/mol. The van der Waals surface area contributed by atoms with Gasteiger partial charge in [-0.3, -0.25) is 4.90 Å². The number of nitrogens with zero attached hydrogens (tertiary/aromatic N) is 1. The van der Waals surface area contributed by atoms with Gasteiger partial charge >= 0.3 is 0 Å². The Hall–Kier alpha value is -0.450. The average Bonchev–Trinajstić information content (AvgIpc) is 2.74. The van der Waals surface area contributed by atoms with Crippen molar-refractivity contribution < 1.29 is 4.42 Å². The second-order valence-electron chi connectivity index (χ2n) is 4.33. The number of hydrogen-bond acceptors (Lipinski definition) is 4. The number of rotatable bonds is 9. The lowest BCUT2D eigenvalue weighted by Crippen LogP contribution is -2.20. The second-order valence-corrected chi connectivity index (χ2v) is 5.31. The lowest BCUT2D eigenvalue weighted by atomic mass is 10.3. The molecule has 0 amide bonds. The number of thioether (sulfide) groups is 1. The van der Waals surface area contributed by atoms with E-state index in [1.807, 2.05) is 18.0 Å². The summed E-state index contributed by atoms with van der Waals surface area (Å²) in [7, 11) is 2.13. The first-order chi connectivity index (χ1) is 8.26. The standard InChI is InChI=1S/C13H24N2OS/c1-4-5-14-9-12-8-13(16-11-12)10-15(2)6-7-17-3/h8,11,14H,4-7,9-10H2,1-3H3. The molecule has 0 unspecified atom stereocenters. The van der Waals surface area contributed by atoms with E-state index in [2.05, 4.69) is 36.5 Å². The Bertz CT molecular complexity index is 301. The predicted molar refractivity (Wildman–Crippen MR) is 75.4 cm³/mol. The van der Waals surface area contributed by atoms with Crippen molar-refractivity contribution in [3.05, 3.63) is 23.7 Å². The maximum absolute atomic E-state index is 5.56. The highest BCUT2D eigenvalue weighted by molar-refractivity contribution is 7.98. The van der Waals surface area contributed by atoms with Crippen LogP contribution in [0.25, 0.3) is 0 Å². The largest absolute Gasteiger partial charge is 0.468 e. The van der Waals surface area contributed by atoms with E-state index in [0.29, 0.717) is 0 Å². The molecule has 1 N–H and O–H groups in total. The number of hydrogen-bond donors (Lipinski definition) is 1. The minimum atomic E-state index is 0.897. The van der Waals surface area contributed by atoms with Crippen LogP contribution in [0.5, 0.6) is 0 Å². The Balaban J connectivity index is 2.29. The number of furan rings is 1. The first-order valence-corrected chi connectivity index (χ1v) is 7.60. The molecule has 0 aromatic carbocycles. The summed E-state index contributed by atoms with van der Waals surface area (Å²) in [6, 6.07) is 2.15. The van der Waals surface area contributed by atoms with Crippen LogP contribution in [0.15, 0.2) is 16.7 Å². The third kappa shape index (κ3) is 6.15. The summed E-state index contributed by atoms with van der Waals surface area (Å²) in [5, 5.41) is 3.38. The van der Waals surface area contributed by atoms with Crippen LogP contribution in [-0.4, -0.2) is 37.0 Å². The van der Waals surface area contributed by atoms with Crippen LogP contribution in [0.3, 0.4) is 0 Å². The van der Waals surface area contributed by atoms with E-state index in [1.54, 1.807) is 0 Å². The fourth-order valence-corrected chi connectivity index (χ4v) is 2.10. The highest BCUT2D eigenvalue weighted by atomic mass is 32.2. The zero-order valence-corrected chi connectivity index (χ0v) is 12.0. The van der Waals surface area contributed by atoms with Gasteiger partial charge in [-0.05, 0) is 32.3 Å².